The van der Waals surface area contributed by atoms with Crippen molar-refractivity contribution in [3.8, 4) is 5.75 Å². The summed E-state index contributed by atoms with van der Waals surface area (Å²) < 4.78 is 4.91. The Hall–Kier alpha value is -2.02. The molecule has 0 bridgehead atoms. The Labute approximate surface area is 97.0 Å². The number of ether oxygens (including phenoxy) is 1. The summed E-state index contributed by atoms with van der Waals surface area (Å²) in [7, 11) is 1.66. The number of hydrogen-bond acceptors (Lipinski definition) is 1. The zero-order chi connectivity index (χ0) is 11.6. The van der Waals surface area contributed by atoms with Crippen LogP contribution in [0.4, 0.5) is 0 Å². The highest BCUT2D eigenvalue weighted by atomic mass is 16.5. The van der Waals surface area contributed by atoms with Gasteiger partial charge < -0.3 is 4.74 Å². The van der Waals surface area contributed by atoms with Crippen LogP contribution in [0.5, 0.6) is 5.75 Å². The highest BCUT2D eigenvalue weighted by Gasteiger charge is 1.80. The second-order valence-corrected chi connectivity index (χ2v) is 3.13. The summed E-state index contributed by atoms with van der Waals surface area (Å²) in [5.74, 6) is 0.910. The van der Waals surface area contributed by atoms with Gasteiger partial charge in [-0.05, 0) is 17.7 Å². The minimum absolute atomic E-state index is 0.910. The van der Waals surface area contributed by atoms with Crippen LogP contribution in [0.25, 0.3) is 6.08 Å². The largest absolute Gasteiger partial charge is 0.497 e. The van der Waals surface area contributed by atoms with E-state index < -0.39 is 0 Å². The van der Waals surface area contributed by atoms with Gasteiger partial charge in [-0.25, -0.2) is 0 Å². The van der Waals surface area contributed by atoms with Crippen LogP contribution in [0.3, 0.4) is 0 Å². The third-order valence-electron chi connectivity index (χ3n) is 2.01. The van der Waals surface area contributed by atoms with Gasteiger partial charge in [0.05, 0.1) is 7.11 Å². The lowest BCUT2D eigenvalue weighted by molar-refractivity contribution is 0.415. The van der Waals surface area contributed by atoms with Gasteiger partial charge in [-0.2, -0.15) is 0 Å². The molecular formula is C15H16O. The van der Waals surface area contributed by atoms with Crippen LogP contribution < -0.4 is 4.74 Å². The van der Waals surface area contributed by atoms with E-state index in [0.717, 1.165) is 5.75 Å². The first-order chi connectivity index (χ1) is 7.86. The lowest BCUT2D eigenvalue weighted by atomic mass is 10.2. The predicted molar refractivity (Wildman–Crippen MR) is 69.5 cm³/mol. The second-order valence-electron chi connectivity index (χ2n) is 3.13. The van der Waals surface area contributed by atoms with E-state index in [1.54, 1.807) is 7.11 Å². The summed E-state index contributed by atoms with van der Waals surface area (Å²) in [6, 6.07) is 19.7. The van der Waals surface area contributed by atoms with Crippen LogP contribution in [-0.2, 0) is 0 Å². The Bertz CT molecular complexity index is 392. The van der Waals surface area contributed by atoms with Crippen molar-refractivity contribution in [1.82, 2.24) is 0 Å². The van der Waals surface area contributed by atoms with Gasteiger partial charge in [0.15, 0.2) is 0 Å². The Morgan fingerprint density at radius 1 is 0.875 bits per heavy atom. The van der Waals surface area contributed by atoms with E-state index in [-0.39, 0.29) is 0 Å². The molecule has 0 amide bonds. The first-order valence-corrected chi connectivity index (χ1v) is 5.13. The normalized spacial score (nSPS) is 8.56. The first kappa shape index (κ1) is 12.1. The van der Waals surface area contributed by atoms with Gasteiger partial charge >= 0.3 is 0 Å². The topological polar surface area (TPSA) is 9.23 Å². The highest BCUT2D eigenvalue weighted by molar-refractivity contribution is 5.45. The molecule has 0 fully saturated rings. The smallest absolute Gasteiger partial charge is 0.118 e. The molecule has 0 N–H and O–H groups in total. The Morgan fingerprint density at radius 2 is 1.38 bits per heavy atom. The summed E-state index contributed by atoms with van der Waals surface area (Å²) in [4.78, 5) is 0. The fourth-order valence-corrected chi connectivity index (χ4v) is 1.15. The molecule has 0 atom stereocenters. The fraction of sp³-hybridized carbons (Fsp3) is 0.0667. The molecule has 16 heavy (non-hydrogen) atoms. The standard InChI is InChI=1S/C8H8.C7H8O/c1-2-8-6-4-3-5-7-8;1-8-7-5-3-2-4-6-7/h2-7H,1H2;2-6H,1H3. The Morgan fingerprint density at radius 3 is 1.69 bits per heavy atom. The van der Waals surface area contributed by atoms with Crippen molar-refractivity contribution in [3.05, 3.63) is 72.8 Å². The first-order valence-electron chi connectivity index (χ1n) is 5.13. The minimum atomic E-state index is 0.910. The average Bonchev–Trinajstić information content (AvgIpc) is 2.41. The maximum Gasteiger partial charge on any atom is 0.118 e. The van der Waals surface area contributed by atoms with E-state index in [0.29, 0.717) is 0 Å². The predicted octanol–water partition coefficient (Wildman–Crippen LogP) is 4.02. The van der Waals surface area contributed by atoms with Crippen LogP contribution >= 0.6 is 0 Å². The van der Waals surface area contributed by atoms with Crippen molar-refractivity contribution >= 4 is 6.08 Å². The molecule has 2 aromatic carbocycles. The van der Waals surface area contributed by atoms with Gasteiger partial charge in [-0.3, -0.25) is 0 Å². The lowest BCUT2D eigenvalue weighted by Gasteiger charge is -1.93. The van der Waals surface area contributed by atoms with Crippen LogP contribution in [0.15, 0.2) is 67.2 Å². The number of benzene rings is 2. The van der Waals surface area contributed by atoms with Crippen molar-refractivity contribution < 1.29 is 4.74 Å². The molecule has 1 nitrogen and oxygen atoms in total. The minimum Gasteiger partial charge on any atom is -0.497 e. The molecular weight excluding hydrogens is 196 g/mol. The van der Waals surface area contributed by atoms with Gasteiger partial charge in [-0.15, -0.1) is 0 Å². The third kappa shape index (κ3) is 4.47. The second kappa shape index (κ2) is 7.30. The summed E-state index contributed by atoms with van der Waals surface area (Å²) in [6.45, 7) is 3.63. The molecule has 0 aliphatic carbocycles. The van der Waals surface area contributed by atoms with Crippen LogP contribution in [0.2, 0.25) is 0 Å². The van der Waals surface area contributed by atoms with Crippen LogP contribution in [-0.4, -0.2) is 7.11 Å². The monoisotopic (exact) mass is 212 g/mol. The summed E-state index contributed by atoms with van der Waals surface area (Å²) in [6.07, 6.45) is 1.83. The van der Waals surface area contributed by atoms with E-state index >= 15 is 0 Å². The van der Waals surface area contributed by atoms with E-state index in [1.165, 1.54) is 5.56 Å². The molecule has 1 heteroatoms. The molecule has 0 aliphatic heterocycles. The molecule has 0 aliphatic rings. The maximum atomic E-state index is 4.91. The number of methoxy groups -OCH3 is 1. The number of para-hydroxylation sites is 1. The molecule has 2 rings (SSSR count). The van der Waals surface area contributed by atoms with E-state index in [2.05, 4.69) is 6.58 Å². The van der Waals surface area contributed by atoms with Gasteiger partial charge in [0.25, 0.3) is 0 Å². The highest BCUT2D eigenvalue weighted by Crippen LogP contribution is 2.05. The number of rotatable bonds is 2. The van der Waals surface area contributed by atoms with Gasteiger partial charge in [0, 0.05) is 0 Å². The SMILES string of the molecule is C=Cc1ccccc1.COc1ccccc1. The lowest BCUT2D eigenvalue weighted by Crippen LogP contribution is -1.78. The van der Waals surface area contributed by atoms with E-state index in [4.69, 9.17) is 4.74 Å². The Kier molecular flexibility index (Phi) is 5.49. The zero-order valence-electron chi connectivity index (χ0n) is 9.47. The summed E-state index contributed by atoms with van der Waals surface area (Å²) >= 11 is 0. The molecule has 82 valence electrons. The third-order valence-corrected chi connectivity index (χ3v) is 2.01. The molecule has 0 saturated carbocycles. The van der Waals surface area contributed by atoms with Gasteiger partial charge in [0.2, 0.25) is 0 Å². The van der Waals surface area contributed by atoms with Crippen molar-refractivity contribution in [2.24, 2.45) is 0 Å². The molecule has 0 aromatic heterocycles. The molecule has 0 spiro atoms. The molecule has 0 heterocycles. The quantitative estimate of drug-likeness (QED) is 0.730. The molecule has 2 aromatic rings. The van der Waals surface area contributed by atoms with Gasteiger partial charge in [0.1, 0.15) is 5.75 Å². The van der Waals surface area contributed by atoms with Crippen molar-refractivity contribution in [3.63, 3.8) is 0 Å². The van der Waals surface area contributed by atoms with Gasteiger partial charge in [-0.1, -0.05) is 61.2 Å². The maximum absolute atomic E-state index is 4.91. The zero-order valence-corrected chi connectivity index (χ0v) is 9.47. The van der Waals surface area contributed by atoms with Crippen molar-refractivity contribution in [1.29, 1.82) is 0 Å². The number of hydrogen-bond donors (Lipinski definition) is 0. The van der Waals surface area contributed by atoms with E-state index in [9.17, 15) is 0 Å². The molecule has 0 saturated heterocycles. The van der Waals surface area contributed by atoms with Crippen LogP contribution in [0.1, 0.15) is 5.56 Å². The summed E-state index contributed by atoms with van der Waals surface area (Å²) in [5, 5.41) is 0. The van der Waals surface area contributed by atoms with Crippen LogP contribution in [0, 0.1) is 0 Å². The van der Waals surface area contributed by atoms with Crippen molar-refractivity contribution in [2.45, 2.75) is 0 Å². The van der Waals surface area contributed by atoms with E-state index in [1.807, 2.05) is 66.7 Å². The molecule has 0 radical (unpaired) electrons. The molecule has 0 unspecified atom stereocenters. The summed E-state index contributed by atoms with van der Waals surface area (Å²) in [5.41, 5.74) is 1.17. The fourth-order valence-electron chi connectivity index (χ4n) is 1.15. The Balaban J connectivity index is 0.000000160. The van der Waals surface area contributed by atoms with Crippen molar-refractivity contribution in [2.75, 3.05) is 7.11 Å². The average molecular weight is 212 g/mol.